The number of nitrogens with one attached hydrogen (secondary N) is 3. The second-order valence-corrected chi connectivity index (χ2v) is 11.5. The Kier molecular flexibility index (Phi) is 5.99. The van der Waals surface area contributed by atoms with Gasteiger partial charge in [-0.1, -0.05) is 24.3 Å². The minimum Gasteiger partial charge on any atom is -0.366 e. The second-order valence-electron chi connectivity index (χ2n) is 11.5. The molecule has 1 unspecified atom stereocenters. The Labute approximate surface area is 232 Å². The molecule has 4 aromatic rings. The van der Waals surface area contributed by atoms with Crippen LogP contribution in [0, 0.1) is 11.8 Å². The second kappa shape index (κ2) is 9.70. The van der Waals surface area contributed by atoms with Gasteiger partial charge in [0.2, 0.25) is 11.8 Å². The summed E-state index contributed by atoms with van der Waals surface area (Å²) in [6.45, 7) is 3.56. The van der Waals surface area contributed by atoms with Gasteiger partial charge in [-0.15, -0.1) is 0 Å². The van der Waals surface area contributed by atoms with Gasteiger partial charge < -0.3 is 25.1 Å². The number of hydrogen-bond acceptors (Lipinski definition) is 4. The molecule has 2 bridgehead atoms. The summed E-state index contributed by atoms with van der Waals surface area (Å²) in [6.07, 6.45) is 4.32. The summed E-state index contributed by atoms with van der Waals surface area (Å²) in [7, 11) is 0. The topological polar surface area (TPSA) is 99.2 Å². The molecule has 40 heavy (non-hydrogen) atoms. The van der Waals surface area contributed by atoms with Crippen LogP contribution in [0.2, 0.25) is 0 Å². The molecular weight excluding hydrogens is 502 g/mol. The van der Waals surface area contributed by atoms with Crippen molar-refractivity contribution in [3.8, 4) is 0 Å². The van der Waals surface area contributed by atoms with Gasteiger partial charge in [0.05, 0.1) is 5.92 Å². The van der Waals surface area contributed by atoms with Crippen molar-refractivity contribution < 1.29 is 9.59 Å². The third kappa shape index (κ3) is 4.18. The number of H-pyrrole nitrogens is 1. The minimum absolute atomic E-state index is 0.0385. The predicted molar refractivity (Wildman–Crippen MR) is 156 cm³/mol. The first-order valence-corrected chi connectivity index (χ1v) is 14.2. The number of aromatic amines is 1. The number of piperidine rings is 1. The van der Waals surface area contributed by atoms with E-state index in [1.54, 1.807) is 6.07 Å². The molecule has 5 heterocycles. The number of pyridine rings is 1. The Morgan fingerprint density at radius 2 is 1.93 bits per heavy atom. The monoisotopic (exact) mass is 535 g/mol. The zero-order chi connectivity index (χ0) is 27.4. The lowest BCUT2D eigenvalue weighted by Crippen LogP contribution is -2.60. The van der Waals surface area contributed by atoms with Crippen LogP contribution in [0.5, 0.6) is 0 Å². The third-order valence-corrected chi connectivity index (χ3v) is 8.99. The molecular formula is C32H33N5O3. The standard InChI is InChI=1S/C32H33N5O3/c1-19(38)35-23-9-10-28-22(14-23)15-26(32(40)33-12-11-21-16-34-27-6-3-2-5-24(21)27)31-25-13-20(18-37(28)31)17-36-29(25)7-4-8-30(36)39/h2-10,14,16,20,25-26,31,34H,11-13,15,17-18H2,1H3,(H,33,40)(H,35,38)/t20-,25+,26?,31+/m0/s1. The predicted octanol–water partition coefficient (Wildman–Crippen LogP) is 3.81. The molecule has 2 aromatic heterocycles. The number of carbonyl (C=O) groups excluding carboxylic acids is 2. The number of para-hydroxylation sites is 1. The average Bonchev–Trinajstić information content (AvgIpc) is 3.35. The molecule has 3 aliphatic rings. The quantitative estimate of drug-likeness (QED) is 0.362. The molecule has 1 saturated heterocycles. The van der Waals surface area contributed by atoms with E-state index in [1.165, 1.54) is 17.9 Å². The number of amides is 2. The van der Waals surface area contributed by atoms with E-state index in [-0.39, 0.29) is 35.3 Å². The molecule has 7 rings (SSSR count). The molecule has 3 N–H and O–H groups in total. The Morgan fingerprint density at radius 1 is 1.05 bits per heavy atom. The third-order valence-electron chi connectivity index (χ3n) is 8.99. The molecule has 0 aliphatic carbocycles. The highest BCUT2D eigenvalue weighted by atomic mass is 16.2. The van der Waals surface area contributed by atoms with Crippen molar-refractivity contribution in [1.29, 1.82) is 0 Å². The summed E-state index contributed by atoms with van der Waals surface area (Å²) >= 11 is 0. The van der Waals surface area contributed by atoms with E-state index in [4.69, 9.17) is 0 Å². The van der Waals surface area contributed by atoms with Crippen LogP contribution in [0.3, 0.4) is 0 Å². The highest BCUT2D eigenvalue weighted by molar-refractivity contribution is 5.89. The number of anilines is 2. The largest absolute Gasteiger partial charge is 0.366 e. The summed E-state index contributed by atoms with van der Waals surface area (Å²) in [4.78, 5) is 44.2. The number of benzene rings is 2. The van der Waals surface area contributed by atoms with Crippen molar-refractivity contribution >= 4 is 34.1 Å². The Balaban J connectivity index is 1.21. The van der Waals surface area contributed by atoms with Crippen molar-refractivity contribution in [2.75, 3.05) is 23.3 Å². The van der Waals surface area contributed by atoms with E-state index < -0.39 is 0 Å². The molecule has 0 radical (unpaired) electrons. The van der Waals surface area contributed by atoms with Crippen LogP contribution < -0.4 is 21.1 Å². The molecule has 2 amide bonds. The number of rotatable bonds is 5. The van der Waals surface area contributed by atoms with Crippen LogP contribution in [-0.2, 0) is 29.0 Å². The maximum absolute atomic E-state index is 14.0. The fourth-order valence-corrected chi connectivity index (χ4v) is 7.39. The van der Waals surface area contributed by atoms with E-state index in [2.05, 4.69) is 44.8 Å². The molecule has 0 spiro atoms. The van der Waals surface area contributed by atoms with Crippen LogP contribution in [0.4, 0.5) is 11.4 Å². The van der Waals surface area contributed by atoms with Crippen molar-refractivity contribution in [3.63, 3.8) is 0 Å². The fourth-order valence-electron chi connectivity index (χ4n) is 7.39. The molecule has 204 valence electrons. The smallest absolute Gasteiger partial charge is 0.250 e. The van der Waals surface area contributed by atoms with Gasteiger partial charge in [-0.05, 0) is 66.6 Å². The highest BCUT2D eigenvalue weighted by Crippen LogP contribution is 2.48. The van der Waals surface area contributed by atoms with E-state index in [1.807, 2.05) is 41.1 Å². The van der Waals surface area contributed by atoms with Gasteiger partial charge in [0.15, 0.2) is 0 Å². The normalized spacial score (nSPS) is 22.7. The van der Waals surface area contributed by atoms with Crippen molar-refractivity contribution in [1.82, 2.24) is 14.9 Å². The molecule has 1 fully saturated rings. The number of nitrogens with zero attached hydrogens (tertiary/aromatic N) is 2. The summed E-state index contributed by atoms with van der Waals surface area (Å²) < 4.78 is 1.93. The molecule has 0 saturated carbocycles. The summed E-state index contributed by atoms with van der Waals surface area (Å²) in [6, 6.07) is 19.8. The number of aromatic nitrogens is 2. The van der Waals surface area contributed by atoms with Gasteiger partial charge in [-0.3, -0.25) is 14.4 Å². The first kappa shape index (κ1) is 24.7. The summed E-state index contributed by atoms with van der Waals surface area (Å²) in [5.74, 6) is 0.0687. The minimum atomic E-state index is -0.282. The van der Waals surface area contributed by atoms with E-state index in [0.717, 1.165) is 47.5 Å². The Bertz CT molecular complexity index is 1690. The average molecular weight is 536 g/mol. The van der Waals surface area contributed by atoms with E-state index in [9.17, 15) is 14.4 Å². The maximum atomic E-state index is 14.0. The van der Waals surface area contributed by atoms with Gasteiger partial charge >= 0.3 is 0 Å². The van der Waals surface area contributed by atoms with Crippen LogP contribution in [0.25, 0.3) is 10.9 Å². The molecule has 4 atom stereocenters. The van der Waals surface area contributed by atoms with Gasteiger partial charge in [0.25, 0.3) is 5.56 Å². The SMILES string of the molecule is CC(=O)Nc1ccc2c(c1)CC(C(=O)NCCc1c[nH]c3ccccc13)[C@H]1[C@@H]3C[C@H](CN21)Cn1c3cccc1=O. The lowest BCUT2D eigenvalue weighted by molar-refractivity contribution is -0.126. The molecule has 8 heteroatoms. The summed E-state index contributed by atoms with van der Waals surface area (Å²) in [5, 5.41) is 7.34. The zero-order valence-corrected chi connectivity index (χ0v) is 22.5. The Hall–Kier alpha value is -4.33. The van der Waals surface area contributed by atoms with Crippen LogP contribution in [0.15, 0.2) is 71.7 Å². The molecule has 2 aromatic carbocycles. The number of hydrogen-bond donors (Lipinski definition) is 3. The maximum Gasteiger partial charge on any atom is 0.250 e. The highest BCUT2D eigenvalue weighted by Gasteiger charge is 2.49. The van der Waals surface area contributed by atoms with Crippen LogP contribution in [-0.4, -0.2) is 40.5 Å². The van der Waals surface area contributed by atoms with E-state index >= 15 is 0 Å². The van der Waals surface area contributed by atoms with Crippen LogP contribution in [0.1, 0.15) is 36.1 Å². The fraction of sp³-hybridized carbons (Fsp3) is 0.344. The van der Waals surface area contributed by atoms with Crippen molar-refractivity contribution in [2.45, 2.75) is 44.7 Å². The Morgan fingerprint density at radius 3 is 2.80 bits per heavy atom. The zero-order valence-electron chi connectivity index (χ0n) is 22.5. The first-order chi connectivity index (χ1) is 19.5. The molecule has 8 nitrogen and oxygen atoms in total. The van der Waals surface area contributed by atoms with Gasteiger partial charge in [0.1, 0.15) is 0 Å². The lowest BCUT2D eigenvalue weighted by Gasteiger charge is -2.54. The van der Waals surface area contributed by atoms with Crippen molar-refractivity contribution in [2.24, 2.45) is 11.8 Å². The first-order valence-electron chi connectivity index (χ1n) is 14.2. The molecule has 3 aliphatic heterocycles. The lowest BCUT2D eigenvalue weighted by atomic mass is 9.69. The van der Waals surface area contributed by atoms with Crippen LogP contribution >= 0.6 is 0 Å². The van der Waals surface area contributed by atoms with Gasteiger partial charge in [-0.25, -0.2) is 0 Å². The van der Waals surface area contributed by atoms with Gasteiger partial charge in [0, 0.05) is 78.8 Å². The van der Waals surface area contributed by atoms with Gasteiger partial charge in [-0.2, -0.15) is 0 Å². The summed E-state index contributed by atoms with van der Waals surface area (Å²) in [5.41, 5.74) is 6.31. The van der Waals surface area contributed by atoms with Crippen molar-refractivity contribution in [3.05, 3.63) is 94.0 Å². The number of carbonyl (C=O) groups is 2. The van der Waals surface area contributed by atoms with E-state index in [0.29, 0.717) is 25.4 Å². The number of fused-ring (bicyclic) bond motifs is 9.